The number of nitrogens with one attached hydrogen (secondary N) is 1. The predicted octanol–water partition coefficient (Wildman–Crippen LogP) is 4.67. The number of rotatable bonds is 11. The van der Waals surface area contributed by atoms with E-state index in [9.17, 15) is 18.0 Å². The highest BCUT2D eigenvalue weighted by Crippen LogP contribution is 2.28. The average molecular weight is 534 g/mol. The summed E-state index contributed by atoms with van der Waals surface area (Å²) in [4.78, 5) is 28.0. The summed E-state index contributed by atoms with van der Waals surface area (Å²) in [6, 6.07) is 14.2. The summed E-state index contributed by atoms with van der Waals surface area (Å²) in [7, 11) is -3.58. The molecule has 1 N–H and O–H groups in total. The lowest BCUT2D eigenvalue weighted by molar-refractivity contribution is -0.141. The van der Waals surface area contributed by atoms with Crippen LogP contribution >= 0.6 is 11.6 Å². The van der Waals surface area contributed by atoms with Crippen LogP contribution in [0.4, 0.5) is 5.69 Å². The van der Waals surface area contributed by atoms with E-state index in [0.717, 1.165) is 37.5 Å². The first-order valence-electron chi connectivity index (χ1n) is 12.4. The monoisotopic (exact) mass is 533 g/mol. The molecule has 0 aliphatic heterocycles. The van der Waals surface area contributed by atoms with Crippen LogP contribution in [0.25, 0.3) is 0 Å². The van der Waals surface area contributed by atoms with Gasteiger partial charge in [0, 0.05) is 30.6 Å². The second-order valence-corrected chi connectivity index (χ2v) is 11.8. The van der Waals surface area contributed by atoms with Crippen molar-refractivity contribution in [3.8, 4) is 0 Å². The maximum Gasteiger partial charge on any atom is 0.242 e. The lowest BCUT2D eigenvalue weighted by Gasteiger charge is -2.30. The first-order chi connectivity index (χ1) is 17.1. The molecule has 1 fully saturated rings. The number of nitrogens with zero attached hydrogens (tertiary/aromatic N) is 2. The first kappa shape index (κ1) is 28.0. The minimum absolute atomic E-state index is 0.111. The van der Waals surface area contributed by atoms with Gasteiger partial charge in [-0.3, -0.25) is 13.9 Å². The fraction of sp³-hybridized carbons (Fsp3) is 0.481. The Labute approximate surface area is 219 Å². The minimum Gasteiger partial charge on any atom is -0.352 e. The molecule has 2 amide bonds. The summed E-state index contributed by atoms with van der Waals surface area (Å²) in [6.07, 6.45) is 5.71. The third-order valence-corrected chi connectivity index (χ3v) is 8.31. The zero-order chi connectivity index (χ0) is 26.3. The van der Waals surface area contributed by atoms with Crippen LogP contribution in [0.3, 0.4) is 0 Å². The van der Waals surface area contributed by atoms with E-state index in [-0.39, 0.29) is 30.8 Å². The van der Waals surface area contributed by atoms with Gasteiger partial charge < -0.3 is 10.2 Å². The highest BCUT2D eigenvalue weighted by molar-refractivity contribution is 7.92. The molecule has 1 saturated carbocycles. The summed E-state index contributed by atoms with van der Waals surface area (Å²) in [5, 5.41) is 3.57. The number of carbonyl (C=O) groups is 2. The van der Waals surface area contributed by atoms with Crippen molar-refractivity contribution in [2.75, 3.05) is 17.1 Å². The number of hydrogen-bond donors (Lipinski definition) is 1. The van der Waals surface area contributed by atoms with E-state index in [0.29, 0.717) is 29.2 Å². The van der Waals surface area contributed by atoms with E-state index >= 15 is 0 Å². The van der Waals surface area contributed by atoms with Crippen molar-refractivity contribution >= 4 is 39.1 Å². The Morgan fingerprint density at radius 2 is 1.75 bits per heavy atom. The topological polar surface area (TPSA) is 86.8 Å². The van der Waals surface area contributed by atoms with Crippen molar-refractivity contribution in [1.82, 2.24) is 10.2 Å². The highest BCUT2D eigenvalue weighted by atomic mass is 35.5. The predicted molar refractivity (Wildman–Crippen MR) is 144 cm³/mol. The normalized spacial score (nSPS) is 14.9. The Morgan fingerprint density at radius 1 is 1.08 bits per heavy atom. The molecule has 9 heteroatoms. The summed E-state index contributed by atoms with van der Waals surface area (Å²) < 4.78 is 26.4. The van der Waals surface area contributed by atoms with Crippen LogP contribution in [0.2, 0.25) is 5.02 Å². The molecule has 7 nitrogen and oxygen atoms in total. The quantitative estimate of drug-likeness (QED) is 0.454. The van der Waals surface area contributed by atoms with Gasteiger partial charge in [-0.15, -0.1) is 0 Å². The first-order valence-corrected chi connectivity index (χ1v) is 14.7. The molecule has 0 aromatic heterocycles. The third-order valence-electron chi connectivity index (χ3n) is 6.72. The smallest absolute Gasteiger partial charge is 0.242 e. The van der Waals surface area contributed by atoms with Crippen molar-refractivity contribution in [3.63, 3.8) is 0 Å². The molecule has 0 heterocycles. The van der Waals surface area contributed by atoms with Crippen LogP contribution in [0.5, 0.6) is 0 Å². The van der Waals surface area contributed by atoms with E-state index in [2.05, 4.69) is 5.32 Å². The molecule has 0 bridgehead atoms. The molecular weight excluding hydrogens is 498 g/mol. The van der Waals surface area contributed by atoms with Gasteiger partial charge in [0.2, 0.25) is 21.8 Å². The molecule has 0 saturated heterocycles. The maximum absolute atomic E-state index is 13.4. The Kier molecular flexibility index (Phi) is 9.79. The fourth-order valence-corrected chi connectivity index (χ4v) is 5.79. The number of halogens is 1. The van der Waals surface area contributed by atoms with Crippen LogP contribution in [-0.2, 0) is 26.2 Å². The fourth-order valence-electron chi connectivity index (χ4n) is 4.60. The zero-order valence-electron chi connectivity index (χ0n) is 21.2. The molecule has 1 aliphatic rings. The van der Waals surface area contributed by atoms with Crippen molar-refractivity contribution in [1.29, 1.82) is 0 Å². The van der Waals surface area contributed by atoms with E-state index in [1.54, 1.807) is 36.9 Å². The summed E-state index contributed by atoms with van der Waals surface area (Å²) in [6.45, 7) is 3.96. The number of carbonyl (C=O) groups excluding carboxylic acids is 2. The molecular formula is C27H36ClN3O4S. The number of hydrogen-bond acceptors (Lipinski definition) is 4. The van der Waals surface area contributed by atoms with Gasteiger partial charge in [0.1, 0.15) is 6.04 Å². The molecule has 0 radical (unpaired) electrons. The molecule has 1 aliphatic carbocycles. The van der Waals surface area contributed by atoms with E-state index < -0.39 is 16.1 Å². The van der Waals surface area contributed by atoms with Crippen molar-refractivity contribution in [3.05, 3.63) is 64.7 Å². The van der Waals surface area contributed by atoms with E-state index in [1.807, 2.05) is 30.3 Å². The van der Waals surface area contributed by atoms with Gasteiger partial charge in [0.05, 0.1) is 11.9 Å². The highest BCUT2D eigenvalue weighted by Gasteiger charge is 2.29. The Bertz CT molecular complexity index is 1150. The lowest BCUT2D eigenvalue weighted by Crippen LogP contribution is -2.49. The van der Waals surface area contributed by atoms with Gasteiger partial charge in [-0.1, -0.05) is 60.8 Å². The molecule has 0 spiro atoms. The molecule has 0 unspecified atom stereocenters. The Hall–Kier alpha value is -2.58. The molecule has 2 aromatic rings. The average Bonchev–Trinajstić information content (AvgIpc) is 3.35. The number of benzene rings is 2. The Balaban J connectivity index is 1.72. The van der Waals surface area contributed by atoms with Gasteiger partial charge in [-0.05, 0) is 56.4 Å². The number of amides is 2. The van der Waals surface area contributed by atoms with Gasteiger partial charge >= 0.3 is 0 Å². The van der Waals surface area contributed by atoms with Crippen LogP contribution in [0.1, 0.15) is 56.6 Å². The van der Waals surface area contributed by atoms with Crippen molar-refractivity contribution in [2.24, 2.45) is 0 Å². The zero-order valence-corrected chi connectivity index (χ0v) is 22.8. The third kappa shape index (κ3) is 7.46. The SMILES string of the molecule is Cc1c(Cl)cccc1N(CCCC(=O)N(Cc1ccccc1)[C@H](C)C(=O)NC1CCCC1)S(C)(=O)=O. The number of anilines is 1. The van der Waals surface area contributed by atoms with Crippen LogP contribution in [0.15, 0.2) is 48.5 Å². The maximum atomic E-state index is 13.4. The molecule has 2 aromatic carbocycles. The van der Waals surface area contributed by atoms with Crippen molar-refractivity contribution in [2.45, 2.75) is 71.0 Å². The largest absolute Gasteiger partial charge is 0.352 e. The summed E-state index contributed by atoms with van der Waals surface area (Å²) in [5.41, 5.74) is 2.10. The molecule has 3 rings (SSSR count). The van der Waals surface area contributed by atoms with Crippen molar-refractivity contribution < 1.29 is 18.0 Å². The van der Waals surface area contributed by atoms with Gasteiger partial charge in [0.15, 0.2) is 0 Å². The van der Waals surface area contributed by atoms with Crippen LogP contribution < -0.4 is 9.62 Å². The number of sulfonamides is 1. The standard InChI is InChI=1S/C27H36ClN3O4S/c1-20-24(28)15-9-16-25(20)31(36(3,34)35)18-10-17-26(32)30(19-22-11-5-4-6-12-22)21(2)27(33)29-23-13-7-8-14-23/h4-6,9,11-12,15-16,21,23H,7-8,10,13-14,17-19H2,1-3H3,(H,29,33)/t21-/m1/s1. The summed E-state index contributed by atoms with van der Waals surface area (Å²) in [5.74, 6) is -0.345. The second-order valence-electron chi connectivity index (χ2n) is 9.50. The van der Waals surface area contributed by atoms with Crippen LogP contribution in [-0.4, -0.2) is 50.0 Å². The van der Waals surface area contributed by atoms with Gasteiger partial charge in [0.25, 0.3) is 0 Å². The molecule has 36 heavy (non-hydrogen) atoms. The lowest BCUT2D eigenvalue weighted by atomic mass is 10.1. The molecule has 1 atom stereocenters. The van der Waals surface area contributed by atoms with E-state index in [1.165, 1.54) is 4.31 Å². The Morgan fingerprint density at radius 3 is 2.39 bits per heavy atom. The molecule has 196 valence electrons. The minimum atomic E-state index is -3.58. The van der Waals surface area contributed by atoms with E-state index in [4.69, 9.17) is 11.6 Å². The summed E-state index contributed by atoms with van der Waals surface area (Å²) >= 11 is 6.22. The van der Waals surface area contributed by atoms with Gasteiger partial charge in [-0.25, -0.2) is 8.42 Å². The second kappa shape index (κ2) is 12.6. The van der Waals surface area contributed by atoms with Gasteiger partial charge in [-0.2, -0.15) is 0 Å². The van der Waals surface area contributed by atoms with Crippen LogP contribution in [0, 0.1) is 6.92 Å².